The molecule has 0 amide bonds. The molecular weight excluding hydrogens is 226 g/mol. The number of H-pyrrole nitrogens is 1. The fraction of sp³-hybridized carbons (Fsp3) is 0. The number of rotatable bonds is 1. The summed E-state index contributed by atoms with van der Waals surface area (Å²) >= 11 is 0. The van der Waals surface area contributed by atoms with Gasteiger partial charge in [0.05, 0.1) is 29.8 Å². The average Bonchev–Trinajstić information content (AvgIpc) is 3.04. The molecule has 0 atom stereocenters. The van der Waals surface area contributed by atoms with E-state index >= 15 is 0 Å². The zero-order valence-electron chi connectivity index (χ0n) is 9.41. The minimum atomic E-state index is 0.831. The summed E-state index contributed by atoms with van der Waals surface area (Å²) in [5.41, 5.74) is 3.68. The minimum Gasteiger partial charge on any atom is -0.303 e. The Balaban J connectivity index is 2.00. The molecule has 0 bridgehead atoms. The second-order valence-corrected chi connectivity index (χ2v) is 4.12. The lowest BCUT2D eigenvalue weighted by Crippen LogP contribution is -1.89. The Kier molecular flexibility index (Phi) is 1.77. The van der Waals surface area contributed by atoms with Crippen LogP contribution in [0.25, 0.3) is 27.8 Å². The molecule has 1 N–H and O–H groups in total. The average molecular weight is 235 g/mol. The summed E-state index contributed by atoms with van der Waals surface area (Å²) in [6.07, 6.45) is 7.27. The van der Waals surface area contributed by atoms with Gasteiger partial charge in [-0.15, -0.1) is 0 Å². The van der Waals surface area contributed by atoms with Crippen LogP contribution in [-0.4, -0.2) is 24.6 Å². The summed E-state index contributed by atoms with van der Waals surface area (Å²) in [5.74, 6) is 0. The summed E-state index contributed by atoms with van der Waals surface area (Å²) in [4.78, 5) is 8.51. The lowest BCUT2D eigenvalue weighted by atomic mass is 10.2. The molecule has 0 saturated heterocycles. The van der Waals surface area contributed by atoms with Crippen molar-refractivity contribution >= 4 is 16.4 Å². The zero-order valence-corrected chi connectivity index (χ0v) is 9.41. The van der Waals surface area contributed by atoms with Crippen molar-refractivity contribution in [2.24, 2.45) is 0 Å². The monoisotopic (exact) mass is 235 g/mol. The molecule has 0 aliphatic heterocycles. The van der Waals surface area contributed by atoms with Gasteiger partial charge in [0.1, 0.15) is 11.4 Å². The van der Waals surface area contributed by atoms with Crippen molar-refractivity contribution in [2.45, 2.75) is 0 Å². The first-order valence-corrected chi connectivity index (χ1v) is 5.63. The fourth-order valence-electron chi connectivity index (χ4n) is 2.10. The van der Waals surface area contributed by atoms with Gasteiger partial charge in [-0.1, -0.05) is 18.2 Å². The van der Waals surface area contributed by atoms with Crippen LogP contribution in [-0.2, 0) is 0 Å². The summed E-state index contributed by atoms with van der Waals surface area (Å²) in [6.45, 7) is 0. The molecule has 0 spiro atoms. The Bertz CT molecular complexity index is 842. The van der Waals surface area contributed by atoms with Gasteiger partial charge >= 0.3 is 0 Å². The van der Waals surface area contributed by atoms with Crippen molar-refractivity contribution < 1.29 is 0 Å². The Labute approximate surface area is 102 Å². The zero-order chi connectivity index (χ0) is 11.9. The van der Waals surface area contributed by atoms with Gasteiger partial charge in [-0.3, -0.25) is 10.1 Å². The van der Waals surface area contributed by atoms with E-state index in [4.69, 9.17) is 0 Å². The van der Waals surface area contributed by atoms with Crippen LogP contribution in [0.15, 0.2) is 49.2 Å². The molecule has 0 saturated carbocycles. The number of benzene rings is 1. The predicted octanol–water partition coefficient (Wildman–Crippen LogP) is 2.27. The van der Waals surface area contributed by atoms with E-state index in [0.717, 1.165) is 27.8 Å². The van der Waals surface area contributed by atoms with Crippen molar-refractivity contribution in [3.63, 3.8) is 0 Å². The molecule has 3 heterocycles. The molecule has 4 rings (SSSR count). The van der Waals surface area contributed by atoms with Crippen molar-refractivity contribution in [3.8, 4) is 11.4 Å². The van der Waals surface area contributed by atoms with E-state index in [1.165, 1.54) is 0 Å². The highest BCUT2D eigenvalue weighted by Crippen LogP contribution is 2.24. The van der Waals surface area contributed by atoms with Crippen LogP contribution in [0.3, 0.4) is 0 Å². The smallest absolute Gasteiger partial charge is 0.120 e. The highest BCUT2D eigenvalue weighted by atomic mass is 15.1. The number of nitrogens with one attached hydrogen (secondary N) is 1. The summed E-state index contributed by atoms with van der Waals surface area (Å²) < 4.78 is 1.94. The third-order valence-electron chi connectivity index (χ3n) is 3.01. The number of hydrogen-bond donors (Lipinski definition) is 1. The van der Waals surface area contributed by atoms with E-state index in [1.54, 1.807) is 18.7 Å². The van der Waals surface area contributed by atoms with Gasteiger partial charge in [-0.25, -0.2) is 4.98 Å². The van der Waals surface area contributed by atoms with E-state index in [1.807, 2.05) is 34.9 Å². The number of fused-ring (bicyclic) bond motifs is 2. The van der Waals surface area contributed by atoms with E-state index in [-0.39, 0.29) is 0 Å². The molecule has 18 heavy (non-hydrogen) atoms. The van der Waals surface area contributed by atoms with Crippen molar-refractivity contribution in [2.75, 3.05) is 0 Å². The largest absolute Gasteiger partial charge is 0.303 e. The quantitative estimate of drug-likeness (QED) is 0.550. The maximum Gasteiger partial charge on any atom is 0.120 e. The predicted molar refractivity (Wildman–Crippen MR) is 68.1 cm³/mol. The van der Waals surface area contributed by atoms with Gasteiger partial charge in [0.2, 0.25) is 0 Å². The molecule has 0 unspecified atom stereocenters. The van der Waals surface area contributed by atoms with Gasteiger partial charge in [0.15, 0.2) is 0 Å². The van der Waals surface area contributed by atoms with Crippen LogP contribution in [0.1, 0.15) is 0 Å². The highest BCUT2D eigenvalue weighted by molar-refractivity contribution is 5.91. The van der Waals surface area contributed by atoms with Crippen LogP contribution < -0.4 is 0 Å². The van der Waals surface area contributed by atoms with Gasteiger partial charge in [0.25, 0.3) is 0 Å². The summed E-state index contributed by atoms with van der Waals surface area (Å²) in [6, 6.07) is 8.02. The number of aromatic nitrogens is 5. The van der Waals surface area contributed by atoms with Crippen LogP contribution in [0.4, 0.5) is 0 Å². The third kappa shape index (κ3) is 1.24. The summed E-state index contributed by atoms with van der Waals surface area (Å²) in [5, 5.41) is 8.42. The molecule has 0 radical (unpaired) electrons. The molecule has 4 aromatic rings. The van der Waals surface area contributed by atoms with Crippen LogP contribution in [0, 0.1) is 0 Å². The number of para-hydroxylation sites is 1. The molecule has 5 nitrogen and oxygen atoms in total. The molecular formula is C13H9N5. The Morgan fingerprint density at radius 2 is 2.06 bits per heavy atom. The molecule has 0 fully saturated rings. The molecule has 3 aromatic heterocycles. The normalized spacial score (nSPS) is 11.3. The number of aromatic amines is 1. The number of imidazole rings is 1. The number of nitrogens with zero attached hydrogens (tertiary/aromatic N) is 4. The maximum atomic E-state index is 4.43. The number of hydrogen-bond acceptors (Lipinski definition) is 3. The SMILES string of the molecule is c1ccc2c(-c3cn4cncc4cn3)n[nH]c2c1. The van der Waals surface area contributed by atoms with E-state index in [0.29, 0.717) is 0 Å². The van der Waals surface area contributed by atoms with Crippen molar-refractivity contribution in [3.05, 3.63) is 49.2 Å². The standard InChI is InChI=1S/C13H9N5/c1-2-4-11-10(3-1)13(17-16-11)12-7-18-8-14-5-9(18)6-15-12/h1-8H,(H,16,17). The maximum absolute atomic E-state index is 4.43. The van der Waals surface area contributed by atoms with Crippen molar-refractivity contribution in [1.29, 1.82) is 0 Å². The van der Waals surface area contributed by atoms with Gasteiger partial charge in [-0.2, -0.15) is 5.10 Å². The van der Waals surface area contributed by atoms with Crippen LogP contribution in [0.2, 0.25) is 0 Å². The van der Waals surface area contributed by atoms with E-state index in [2.05, 4.69) is 20.2 Å². The first kappa shape index (κ1) is 9.35. The van der Waals surface area contributed by atoms with Gasteiger partial charge in [0, 0.05) is 11.6 Å². The first-order valence-electron chi connectivity index (χ1n) is 5.63. The molecule has 86 valence electrons. The molecule has 5 heteroatoms. The Morgan fingerprint density at radius 1 is 1.11 bits per heavy atom. The minimum absolute atomic E-state index is 0.831. The molecule has 0 aliphatic carbocycles. The lowest BCUT2D eigenvalue weighted by Gasteiger charge is -1.98. The molecule has 0 aliphatic rings. The highest BCUT2D eigenvalue weighted by Gasteiger charge is 2.09. The molecule has 1 aromatic carbocycles. The summed E-state index contributed by atoms with van der Waals surface area (Å²) in [7, 11) is 0. The first-order chi connectivity index (χ1) is 8.92. The lowest BCUT2D eigenvalue weighted by molar-refractivity contribution is 1.08. The Hall–Kier alpha value is -2.69. The van der Waals surface area contributed by atoms with Gasteiger partial charge < -0.3 is 4.40 Å². The second kappa shape index (κ2) is 3.40. The fourth-order valence-corrected chi connectivity index (χ4v) is 2.10. The van der Waals surface area contributed by atoms with E-state index in [9.17, 15) is 0 Å². The topological polar surface area (TPSA) is 58.9 Å². The van der Waals surface area contributed by atoms with Gasteiger partial charge in [-0.05, 0) is 6.07 Å². The third-order valence-corrected chi connectivity index (χ3v) is 3.01. The van der Waals surface area contributed by atoms with Crippen LogP contribution >= 0.6 is 0 Å². The second-order valence-electron chi connectivity index (χ2n) is 4.12. The van der Waals surface area contributed by atoms with Crippen LogP contribution in [0.5, 0.6) is 0 Å². The Morgan fingerprint density at radius 3 is 3.06 bits per heavy atom. The van der Waals surface area contributed by atoms with Crippen molar-refractivity contribution in [1.82, 2.24) is 24.6 Å². The van der Waals surface area contributed by atoms with E-state index < -0.39 is 0 Å².